The van der Waals surface area contributed by atoms with E-state index in [9.17, 15) is 14.7 Å². The average molecular weight is 433 g/mol. The molecule has 2 N–H and O–H groups in total. The van der Waals surface area contributed by atoms with E-state index in [1.807, 2.05) is 20.8 Å². The van der Waals surface area contributed by atoms with Gasteiger partial charge in [-0.3, -0.25) is 9.59 Å². The number of piperidine rings is 1. The van der Waals surface area contributed by atoms with Crippen molar-refractivity contribution in [3.05, 3.63) is 35.1 Å². The van der Waals surface area contributed by atoms with Crippen LogP contribution in [0.3, 0.4) is 0 Å². The lowest BCUT2D eigenvalue weighted by atomic mass is 9.88. The minimum atomic E-state index is -1.15. The number of hydrogen-bond acceptors (Lipinski definition) is 6. The molecule has 2 aliphatic rings. The number of aliphatic hydroxyl groups is 1. The third kappa shape index (κ3) is 3.45. The van der Waals surface area contributed by atoms with Gasteiger partial charge in [-0.1, -0.05) is 32.4 Å². The maximum absolute atomic E-state index is 13.2. The highest BCUT2D eigenvalue weighted by Crippen LogP contribution is 2.56. The third-order valence-corrected chi connectivity index (χ3v) is 6.28. The number of carbonyl (C=O) groups is 2. The summed E-state index contributed by atoms with van der Waals surface area (Å²) in [4.78, 5) is 27.7. The van der Waals surface area contributed by atoms with E-state index in [4.69, 9.17) is 11.6 Å². The van der Waals surface area contributed by atoms with Crippen LogP contribution in [0, 0.1) is 11.3 Å². The first-order chi connectivity index (χ1) is 14.1. The zero-order valence-corrected chi connectivity index (χ0v) is 17.9. The van der Waals surface area contributed by atoms with Crippen LogP contribution in [0.5, 0.6) is 0 Å². The molecule has 3 atom stereocenters. The lowest BCUT2D eigenvalue weighted by Crippen LogP contribution is -2.55. The van der Waals surface area contributed by atoms with E-state index in [2.05, 4.69) is 20.8 Å². The maximum Gasteiger partial charge on any atom is 0.252 e. The van der Waals surface area contributed by atoms with Crippen molar-refractivity contribution < 1.29 is 14.7 Å². The lowest BCUT2D eigenvalue weighted by molar-refractivity contribution is -0.152. The Bertz CT molecular complexity index is 973. The van der Waals surface area contributed by atoms with Crippen molar-refractivity contribution in [2.75, 3.05) is 6.54 Å². The highest BCUT2D eigenvalue weighted by molar-refractivity contribution is 6.30. The van der Waals surface area contributed by atoms with Gasteiger partial charge in [0.25, 0.3) is 5.91 Å². The lowest BCUT2D eigenvalue weighted by Gasteiger charge is -2.33. The Labute approximate surface area is 179 Å². The average Bonchev–Trinajstić information content (AvgIpc) is 3.05. The van der Waals surface area contributed by atoms with E-state index in [1.54, 1.807) is 23.1 Å². The highest BCUT2D eigenvalue weighted by Gasteiger charge is 2.68. The normalized spacial score (nSPS) is 23.8. The number of nitrogens with one attached hydrogen (secondary N) is 1. The molecule has 0 bridgehead atoms. The molecule has 2 heterocycles. The van der Waals surface area contributed by atoms with Crippen molar-refractivity contribution in [2.24, 2.45) is 11.3 Å². The van der Waals surface area contributed by atoms with Crippen LogP contribution in [-0.2, 0) is 16.1 Å². The van der Waals surface area contributed by atoms with Gasteiger partial charge in [-0.05, 0) is 58.4 Å². The molecule has 1 aliphatic carbocycles. The van der Waals surface area contributed by atoms with Gasteiger partial charge in [0.2, 0.25) is 5.91 Å². The monoisotopic (exact) mass is 432 g/mol. The number of carbonyl (C=O) groups excluding carboxylic acids is 2. The van der Waals surface area contributed by atoms with E-state index >= 15 is 0 Å². The number of rotatable bonds is 5. The van der Waals surface area contributed by atoms with Gasteiger partial charge in [0.05, 0.1) is 5.69 Å². The van der Waals surface area contributed by atoms with E-state index in [1.165, 1.54) is 11.0 Å². The van der Waals surface area contributed by atoms with E-state index in [0.717, 1.165) is 12.0 Å². The molecule has 1 aliphatic heterocycles. The van der Waals surface area contributed by atoms with Gasteiger partial charge in [-0.25, -0.2) is 4.68 Å². The summed E-state index contributed by atoms with van der Waals surface area (Å²) in [5.41, 5.74) is -0.000438. The number of halogens is 1. The van der Waals surface area contributed by atoms with Crippen molar-refractivity contribution >= 4 is 23.4 Å². The number of aromatic nitrogens is 4. The van der Waals surface area contributed by atoms with Crippen LogP contribution in [0.25, 0.3) is 5.69 Å². The maximum atomic E-state index is 13.2. The smallest absolute Gasteiger partial charge is 0.252 e. The SMILES string of the molecule is CC(C)(C)[C@@H](O)C(=O)N1CC[C@@H]2C[C@@]21C(=O)NCc1cc(Cl)ccc1-n1cnnn1. The number of hydrogen-bond donors (Lipinski definition) is 2. The minimum absolute atomic E-state index is 0.131. The number of fused-ring (bicyclic) bond motifs is 1. The highest BCUT2D eigenvalue weighted by atomic mass is 35.5. The van der Waals surface area contributed by atoms with Crippen LogP contribution >= 0.6 is 11.6 Å². The summed E-state index contributed by atoms with van der Waals surface area (Å²) < 4.78 is 1.50. The fraction of sp³-hybridized carbons (Fsp3) is 0.550. The van der Waals surface area contributed by atoms with Crippen molar-refractivity contribution in [2.45, 2.75) is 51.8 Å². The molecule has 160 valence electrons. The predicted molar refractivity (Wildman–Crippen MR) is 109 cm³/mol. The predicted octanol–water partition coefficient (Wildman–Crippen LogP) is 1.33. The summed E-state index contributed by atoms with van der Waals surface area (Å²) in [6.07, 6.45) is 1.70. The molecule has 0 unspecified atom stereocenters. The van der Waals surface area contributed by atoms with Crippen LogP contribution in [-0.4, -0.2) is 60.2 Å². The molecule has 2 aromatic rings. The molecule has 4 rings (SSSR count). The summed E-state index contributed by atoms with van der Waals surface area (Å²) in [6.45, 7) is 6.12. The largest absolute Gasteiger partial charge is 0.383 e. The molecule has 1 saturated heterocycles. The van der Waals surface area contributed by atoms with Crippen molar-refractivity contribution in [3.8, 4) is 5.69 Å². The Morgan fingerprint density at radius 1 is 1.40 bits per heavy atom. The first kappa shape index (κ1) is 20.7. The zero-order chi connectivity index (χ0) is 21.7. The number of amides is 2. The van der Waals surface area contributed by atoms with Gasteiger partial charge in [0, 0.05) is 18.1 Å². The topological polar surface area (TPSA) is 113 Å². The van der Waals surface area contributed by atoms with E-state index in [0.29, 0.717) is 23.7 Å². The molecule has 1 saturated carbocycles. The first-order valence-corrected chi connectivity index (χ1v) is 10.3. The van der Waals surface area contributed by atoms with E-state index in [-0.39, 0.29) is 24.3 Å². The molecule has 10 heteroatoms. The third-order valence-electron chi connectivity index (χ3n) is 6.05. The number of benzene rings is 1. The van der Waals surface area contributed by atoms with Crippen molar-refractivity contribution in [1.82, 2.24) is 30.4 Å². The van der Waals surface area contributed by atoms with E-state index < -0.39 is 17.1 Å². The van der Waals surface area contributed by atoms with Crippen molar-refractivity contribution in [3.63, 3.8) is 0 Å². The fourth-order valence-corrected chi connectivity index (χ4v) is 4.41. The molecule has 2 fully saturated rings. The van der Waals surface area contributed by atoms with Crippen LogP contribution < -0.4 is 5.32 Å². The Balaban J connectivity index is 1.51. The van der Waals surface area contributed by atoms with Crippen LogP contribution in [0.2, 0.25) is 5.02 Å². The molecular weight excluding hydrogens is 408 g/mol. The molecule has 0 radical (unpaired) electrons. The zero-order valence-electron chi connectivity index (χ0n) is 17.2. The van der Waals surface area contributed by atoms with Gasteiger partial charge in [0.15, 0.2) is 0 Å². The Hall–Kier alpha value is -2.52. The first-order valence-electron chi connectivity index (χ1n) is 9.94. The number of aliphatic hydroxyl groups excluding tert-OH is 1. The van der Waals surface area contributed by atoms with Crippen LogP contribution in [0.1, 0.15) is 39.2 Å². The molecule has 30 heavy (non-hydrogen) atoms. The van der Waals surface area contributed by atoms with Gasteiger partial charge >= 0.3 is 0 Å². The molecular formula is C20H25ClN6O3. The van der Waals surface area contributed by atoms with Crippen molar-refractivity contribution in [1.29, 1.82) is 0 Å². The fourth-order valence-electron chi connectivity index (χ4n) is 4.22. The second-order valence-electron chi connectivity index (χ2n) is 9.08. The summed E-state index contributed by atoms with van der Waals surface area (Å²) in [5.74, 6) is -0.455. The second-order valence-corrected chi connectivity index (χ2v) is 9.52. The summed E-state index contributed by atoms with van der Waals surface area (Å²) in [7, 11) is 0. The summed E-state index contributed by atoms with van der Waals surface area (Å²) in [6, 6.07) is 5.26. The van der Waals surface area contributed by atoms with Gasteiger partial charge in [0.1, 0.15) is 18.0 Å². The number of nitrogens with zero attached hydrogens (tertiary/aromatic N) is 5. The Morgan fingerprint density at radius 2 is 2.17 bits per heavy atom. The standard InChI is InChI=1S/C20H25ClN6O3/c1-19(2,3)16(28)17(29)26-7-6-13-9-20(13,26)18(30)22-10-12-8-14(21)4-5-15(12)27-11-23-24-25-27/h4-5,8,11,13,16,28H,6-7,9-10H2,1-3H3,(H,22,30)/t13-,16+,20+/m1/s1. The van der Waals surface area contributed by atoms with Gasteiger partial charge < -0.3 is 15.3 Å². The Kier molecular flexibility index (Phi) is 5.06. The minimum Gasteiger partial charge on any atom is -0.383 e. The van der Waals surface area contributed by atoms with Gasteiger partial charge in [-0.15, -0.1) is 5.10 Å². The molecule has 1 aromatic heterocycles. The molecule has 1 aromatic carbocycles. The second kappa shape index (κ2) is 7.31. The van der Waals surface area contributed by atoms with Crippen LogP contribution in [0.15, 0.2) is 24.5 Å². The summed E-state index contributed by atoms with van der Waals surface area (Å²) >= 11 is 6.14. The Morgan fingerprint density at radius 3 is 2.80 bits per heavy atom. The molecule has 9 nitrogen and oxygen atoms in total. The quantitative estimate of drug-likeness (QED) is 0.736. The molecule has 2 amide bonds. The summed E-state index contributed by atoms with van der Waals surface area (Å²) in [5, 5.41) is 25.2. The number of likely N-dealkylation sites (tertiary alicyclic amines) is 1. The van der Waals surface area contributed by atoms with Crippen LogP contribution in [0.4, 0.5) is 0 Å². The number of tetrazole rings is 1. The molecule has 0 spiro atoms. The van der Waals surface area contributed by atoms with Gasteiger partial charge in [-0.2, -0.15) is 0 Å².